The van der Waals surface area contributed by atoms with Gasteiger partial charge in [0.2, 0.25) is 0 Å². The summed E-state index contributed by atoms with van der Waals surface area (Å²) in [6.07, 6.45) is 1.03. The maximum Gasteiger partial charge on any atom is 0.119 e. The minimum absolute atomic E-state index is 0.708. The van der Waals surface area contributed by atoms with Gasteiger partial charge in [0.05, 0.1) is 0 Å². The number of hydrogen-bond acceptors (Lipinski definition) is 3. The van der Waals surface area contributed by atoms with E-state index in [1.807, 2.05) is 36.4 Å². The molecule has 0 radical (unpaired) electrons. The van der Waals surface area contributed by atoms with Crippen LogP contribution in [-0.4, -0.2) is 24.6 Å². The second kappa shape index (κ2) is 6.50. The second-order valence-electron chi connectivity index (χ2n) is 5.31. The summed E-state index contributed by atoms with van der Waals surface area (Å²) in [6, 6.07) is 14.2. The fourth-order valence-electron chi connectivity index (χ4n) is 2.71. The summed E-state index contributed by atoms with van der Waals surface area (Å²) in [7, 11) is 0. The van der Waals surface area contributed by atoms with E-state index in [0.29, 0.717) is 6.61 Å². The van der Waals surface area contributed by atoms with E-state index in [1.165, 1.54) is 11.1 Å². The standard InChI is InChI=1S/C17H19BrN2O/c18-14-4-6-15(7-5-14)21-11-10-20-9-8-16-13(12-20)2-1-3-17(16)19/h1-7H,8-12,19H2. The van der Waals surface area contributed by atoms with E-state index >= 15 is 0 Å². The molecule has 1 aliphatic rings. The van der Waals surface area contributed by atoms with E-state index < -0.39 is 0 Å². The normalized spacial score (nSPS) is 14.7. The van der Waals surface area contributed by atoms with Crippen molar-refractivity contribution in [2.45, 2.75) is 13.0 Å². The third kappa shape index (κ3) is 3.57. The molecular weight excluding hydrogens is 328 g/mol. The molecule has 4 heteroatoms. The van der Waals surface area contributed by atoms with E-state index in [0.717, 1.165) is 42.0 Å². The van der Waals surface area contributed by atoms with Gasteiger partial charge in [0.1, 0.15) is 12.4 Å². The number of benzene rings is 2. The molecule has 1 heterocycles. The predicted octanol–water partition coefficient (Wildman–Crippen LogP) is 3.47. The maximum atomic E-state index is 6.03. The fourth-order valence-corrected chi connectivity index (χ4v) is 2.98. The first-order valence-corrected chi connectivity index (χ1v) is 7.98. The zero-order valence-electron chi connectivity index (χ0n) is 11.9. The number of ether oxygens (including phenoxy) is 1. The van der Waals surface area contributed by atoms with Gasteiger partial charge in [0.15, 0.2) is 0 Å². The first kappa shape index (κ1) is 14.4. The molecular formula is C17H19BrN2O. The second-order valence-corrected chi connectivity index (χ2v) is 6.23. The molecule has 0 unspecified atom stereocenters. The average molecular weight is 347 g/mol. The van der Waals surface area contributed by atoms with Gasteiger partial charge in [0, 0.05) is 29.8 Å². The van der Waals surface area contributed by atoms with Crippen LogP contribution in [0.15, 0.2) is 46.9 Å². The number of fused-ring (bicyclic) bond motifs is 1. The molecule has 2 aromatic carbocycles. The molecule has 0 saturated carbocycles. The van der Waals surface area contributed by atoms with E-state index in [1.54, 1.807) is 0 Å². The zero-order chi connectivity index (χ0) is 14.7. The summed E-state index contributed by atoms with van der Waals surface area (Å²) >= 11 is 3.42. The van der Waals surface area contributed by atoms with Crippen molar-refractivity contribution in [3.8, 4) is 5.75 Å². The van der Waals surface area contributed by atoms with Crippen LogP contribution in [0.2, 0.25) is 0 Å². The SMILES string of the molecule is Nc1cccc2c1CCN(CCOc1ccc(Br)cc1)C2. The summed E-state index contributed by atoms with van der Waals surface area (Å²) < 4.78 is 6.86. The lowest BCUT2D eigenvalue weighted by Crippen LogP contribution is -2.34. The highest BCUT2D eigenvalue weighted by Gasteiger charge is 2.17. The van der Waals surface area contributed by atoms with Gasteiger partial charge in [-0.1, -0.05) is 28.1 Å². The molecule has 0 bridgehead atoms. The fraction of sp³-hybridized carbons (Fsp3) is 0.294. The Morgan fingerprint density at radius 1 is 1.14 bits per heavy atom. The van der Waals surface area contributed by atoms with Crippen molar-refractivity contribution in [2.24, 2.45) is 0 Å². The Morgan fingerprint density at radius 3 is 2.76 bits per heavy atom. The summed E-state index contributed by atoms with van der Waals surface area (Å²) in [4.78, 5) is 2.42. The van der Waals surface area contributed by atoms with E-state index in [2.05, 4.69) is 26.9 Å². The van der Waals surface area contributed by atoms with Crippen LogP contribution in [0.4, 0.5) is 5.69 Å². The molecule has 0 saturated heterocycles. The summed E-state index contributed by atoms with van der Waals surface area (Å²) in [5.74, 6) is 0.917. The molecule has 0 amide bonds. The number of anilines is 1. The van der Waals surface area contributed by atoms with Crippen molar-refractivity contribution < 1.29 is 4.74 Å². The highest BCUT2D eigenvalue weighted by Crippen LogP contribution is 2.24. The van der Waals surface area contributed by atoms with Gasteiger partial charge in [-0.3, -0.25) is 4.90 Å². The molecule has 0 atom stereocenters. The number of nitrogens with zero attached hydrogens (tertiary/aromatic N) is 1. The first-order valence-electron chi connectivity index (χ1n) is 7.19. The molecule has 3 nitrogen and oxygen atoms in total. The molecule has 2 aromatic rings. The Kier molecular flexibility index (Phi) is 4.46. The van der Waals surface area contributed by atoms with Gasteiger partial charge < -0.3 is 10.5 Å². The minimum Gasteiger partial charge on any atom is -0.492 e. The lowest BCUT2D eigenvalue weighted by molar-refractivity contribution is 0.196. The van der Waals surface area contributed by atoms with Crippen LogP contribution < -0.4 is 10.5 Å². The van der Waals surface area contributed by atoms with Crippen LogP contribution in [-0.2, 0) is 13.0 Å². The Balaban J connectivity index is 1.52. The van der Waals surface area contributed by atoms with E-state index in [9.17, 15) is 0 Å². The molecule has 3 rings (SSSR count). The van der Waals surface area contributed by atoms with Crippen molar-refractivity contribution >= 4 is 21.6 Å². The molecule has 0 aromatic heterocycles. The number of rotatable bonds is 4. The first-order chi connectivity index (χ1) is 10.2. The van der Waals surface area contributed by atoms with Crippen molar-refractivity contribution in [3.63, 3.8) is 0 Å². The lowest BCUT2D eigenvalue weighted by Gasteiger charge is -2.29. The quantitative estimate of drug-likeness (QED) is 0.861. The topological polar surface area (TPSA) is 38.5 Å². The van der Waals surface area contributed by atoms with Crippen molar-refractivity contribution in [1.29, 1.82) is 0 Å². The highest BCUT2D eigenvalue weighted by molar-refractivity contribution is 9.10. The van der Waals surface area contributed by atoms with Crippen molar-refractivity contribution in [1.82, 2.24) is 4.90 Å². The van der Waals surface area contributed by atoms with Crippen LogP contribution in [0, 0.1) is 0 Å². The molecule has 0 fully saturated rings. The number of nitrogen functional groups attached to an aromatic ring is 1. The molecule has 2 N–H and O–H groups in total. The van der Waals surface area contributed by atoms with Crippen molar-refractivity contribution in [3.05, 3.63) is 58.1 Å². The number of hydrogen-bond donors (Lipinski definition) is 1. The van der Waals surface area contributed by atoms with E-state index in [4.69, 9.17) is 10.5 Å². The van der Waals surface area contributed by atoms with Crippen molar-refractivity contribution in [2.75, 3.05) is 25.4 Å². The Morgan fingerprint density at radius 2 is 1.95 bits per heavy atom. The van der Waals surface area contributed by atoms with Crippen LogP contribution in [0.5, 0.6) is 5.75 Å². The largest absolute Gasteiger partial charge is 0.492 e. The third-order valence-corrected chi connectivity index (χ3v) is 4.40. The molecule has 21 heavy (non-hydrogen) atoms. The molecule has 110 valence electrons. The number of nitrogens with two attached hydrogens (primary N) is 1. The average Bonchev–Trinajstić information content (AvgIpc) is 2.49. The van der Waals surface area contributed by atoms with Gasteiger partial charge in [-0.25, -0.2) is 0 Å². The molecule has 0 spiro atoms. The number of halogens is 1. The molecule has 1 aliphatic heterocycles. The van der Waals surface area contributed by atoms with Gasteiger partial charge in [-0.05, 0) is 47.9 Å². The Hall–Kier alpha value is -1.52. The van der Waals surface area contributed by atoms with Crippen LogP contribution in [0.25, 0.3) is 0 Å². The smallest absolute Gasteiger partial charge is 0.119 e. The zero-order valence-corrected chi connectivity index (χ0v) is 13.5. The minimum atomic E-state index is 0.708. The third-order valence-electron chi connectivity index (χ3n) is 3.87. The highest BCUT2D eigenvalue weighted by atomic mass is 79.9. The predicted molar refractivity (Wildman–Crippen MR) is 89.5 cm³/mol. The summed E-state index contributed by atoms with van der Waals surface area (Å²) in [5.41, 5.74) is 9.63. The van der Waals surface area contributed by atoms with Gasteiger partial charge in [0.25, 0.3) is 0 Å². The summed E-state index contributed by atoms with van der Waals surface area (Å²) in [5, 5.41) is 0. The Labute approximate surface area is 133 Å². The van der Waals surface area contributed by atoms with E-state index in [-0.39, 0.29) is 0 Å². The van der Waals surface area contributed by atoms with Gasteiger partial charge in [-0.2, -0.15) is 0 Å². The van der Waals surface area contributed by atoms with Crippen LogP contribution >= 0.6 is 15.9 Å². The lowest BCUT2D eigenvalue weighted by atomic mass is 9.98. The van der Waals surface area contributed by atoms with Crippen LogP contribution in [0.3, 0.4) is 0 Å². The summed E-state index contributed by atoms with van der Waals surface area (Å²) in [6.45, 7) is 3.65. The molecule has 0 aliphatic carbocycles. The van der Waals surface area contributed by atoms with Gasteiger partial charge in [-0.15, -0.1) is 0 Å². The van der Waals surface area contributed by atoms with Crippen LogP contribution in [0.1, 0.15) is 11.1 Å². The monoisotopic (exact) mass is 346 g/mol. The van der Waals surface area contributed by atoms with Gasteiger partial charge >= 0.3 is 0 Å². The Bertz CT molecular complexity index is 613. The maximum absolute atomic E-state index is 6.03.